The number of carbonyl (C=O) groups is 2. The van der Waals surface area contributed by atoms with Crippen LogP contribution >= 0.6 is 0 Å². The van der Waals surface area contributed by atoms with E-state index in [9.17, 15) is 9.59 Å². The quantitative estimate of drug-likeness (QED) is 0.525. The van der Waals surface area contributed by atoms with Gasteiger partial charge in [0.05, 0.1) is 5.56 Å². The second-order valence-electron chi connectivity index (χ2n) is 4.01. The number of carboxylic acid groups (broad SMARTS) is 1. The van der Waals surface area contributed by atoms with Crippen molar-refractivity contribution >= 4 is 11.9 Å². The van der Waals surface area contributed by atoms with Crippen molar-refractivity contribution in [1.82, 2.24) is 0 Å². The van der Waals surface area contributed by atoms with Gasteiger partial charge in [-0.3, -0.25) is 0 Å². The maximum absolute atomic E-state index is 11.4. The standard InChI is InChI=1S/C16H12O4/c1-2-15(17)20-14-10-12(16(18)19)8-9-13(14)11-6-4-3-5-7-11/h2-10H,1H2,(H,18,19). The molecule has 0 heterocycles. The van der Waals surface area contributed by atoms with Crippen LogP contribution in [0.2, 0.25) is 0 Å². The molecule has 0 bridgehead atoms. The number of ether oxygens (including phenoxy) is 1. The average molecular weight is 268 g/mol. The normalized spacial score (nSPS) is 9.80. The molecule has 2 rings (SSSR count). The highest BCUT2D eigenvalue weighted by Crippen LogP contribution is 2.31. The van der Waals surface area contributed by atoms with Gasteiger partial charge >= 0.3 is 11.9 Å². The van der Waals surface area contributed by atoms with Crippen LogP contribution in [0, 0.1) is 0 Å². The van der Waals surface area contributed by atoms with Gasteiger partial charge in [-0.15, -0.1) is 0 Å². The Labute approximate surface area is 115 Å². The molecule has 0 aliphatic rings. The van der Waals surface area contributed by atoms with Gasteiger partial charge in [0.25, 0.3) is 0 Å². The predicted octanol–water partition coefficient (Wildman–Crippen LogP) is 3.14. The highest BCUT2D eigenvalue weighted by molar-refractivity contribution is 5.91. The summed E-state index contributed by atoms with van der Waals surface area (Å²) < 4.78 is 5.12. The molecule has 0 atom stereocenters. The van der Waals surface area contributed by atoms with E-state index in [2.05, 4.69) is 6.58 Å². The summed E-state index contributed by atoms with van der Waals surface area (Å²) in [5, 5.41) is 9.00. The van der Waals surface area contributed by atoms with Crippen LogP contribution in [0.25, 0.3) is 11.1 Å². The van der Waals surface area contributed by atoms with E-state index in [1.807, 2.05) is 30.3 Å². The first-order chi connectivity index (χ1) is 9.61. The van der Waals surface area contributed by atoms with Crippen molar-refractivity contribution in [3.05, 3.63) is 66.7 Å². The minimum Gasteiger partial charge on any atom is -0.478 e. The van der Waals surface area contributed by atoms with E-state index < -0.39 is 11.9 Å². The first-order valence-electron chi connectivity index (χ1n) is 5.89. The molecular formula is C16H12O4. The Morgan fingerprint density at radius 1 is 1.10 bits per heavy atom. The van der Waals surface area contributed by atoms with Crippen molar-refractivity contribution < 1.29 is 19.4 Å². The monoisotopic (exact) mass is 268 g/mol. The van der Waals surface area contributed by atoms with Gasteiger partial charge in [-0.2, -0.15) is 0 Å². The minimum atomic E-state index is -1.08. The SMILES string of the molecule is C=CC(=O)Oc1cc(C(=O)O)ccc1-c1ccccc1. The molecular weight excluding hydrogens is 256 g/mol. The number of hydrogen-bond acceptors (Lipinski definition) is 3. The second-order valence-corrected chi connectivity index (χ2v) is 4.01. The van der Waals surface area contributed by atoms with Gasteiger partial charge in [-0.1, -0.05) is 36.9 Å². The molecule has 20 heavy (non-hydrogen) atoms. The number of carboxylic acids is 1. The lowest BCUT2D eigenvalue weighted by Crippen LogP contribution is -2.06. The van der Waals surface area contributed by atoms with Gasteiger partial charge in [0.1, 0.15) is 5.75 Å². The zero-order chi connectivity index (χ0) is 14.5. The summed E-state index contributed by atoms with van der Waals surface area (Å²) in [5.41, 5.74) is 1.53. The third-order valence-corrected chi connectivity index (χ3v) is 2.69. The smallest absolute Gasteiger partial charge is 0.335 e. The van der Waals surface area contributed by atoms with E-state index in [-0.39, 0.29) is 11.3 Å². The first-order valence-corrected chi connectivity index (χ1v) is 5.89. The average Bonchev–Trinajstić information content (AvgIpc) is 2.47. The maximum Gasteiger partial charge on any atom is 0.335 e. The van der Waals surface area contributed by atoms with Gasteiger partial charge in [0.15, 0.2) is 0 Å². The van der Waals surface area contributed by atoms with E-state index in [0.29, 0.717) is 5.56 Å². The molecule has 0 saturated carbocycles. The van der Waals surface area contributed by atoms with Crippen LogP contribution in [0.1, 0.15) is 10.4 Å². The van der Waals surface area contributed by atoms with Crippen LogP contribution in [0.4, 0.5) is 0 Å². The molecule has 0 unspecified atom stereocenters. The van der Waals surface area contributed by atoms with E-state index in [1.165, 1.54) is 12.1 Å². The fourth-order valence-corrected chi connectivity index (χ4v) is 1.75. The zero-order valence-corrected chi connectivity index (χ0v) is 10.6. The summed E-state index contributed by atoms with van der Waals surface area (Å²) in [5.74, 6) is -1.52. The number of rotatable bonds is 4. The highest BCUT2D eigenvalue weighted by Gasteiger charge is 2.13. The van der Waals surface area contributed by atoms with Crippen molar-refractivity contribution in [3.63, 3.8) is 0 Å². The van der Waals surface area contributed by atoms with Crippen LogP contribution in [0.5, 0.6) is 5.75 Å². The van der Waals surface area contributed by atoms with Crippen LogP contribution in [0.3, 0.4) is 0 Å². The summed E-state index contributed by atoms with van der Waals surface area (Å²) >= 11 is 0. The lowest BCUT2D eigenvalue weighted by atomic mass is 10.0. The van der Waals surface area contributed by atoms with E-state index in [1.54, 1.807) is 6.07 Å². The van der Waals surface area contributed by atoms with Crippen LogP contribution in [-0.4, -0.2) is 17.0 Å². The molecule has 4 heteroatoms. The second kappa shape index (κ2) is 5.84. The fourth-order valence-electron chi connectivity index (χ4n) is 1.75. The number of benzene rings is 2. The highest BCUT2D eigenvalue weighted by atomic mass is 16.5. The number of aromatic carboxylic acids is 1. The van der Waals surface area contributed by atoms with Crippen molar-refractivity contribution in [2.24, 2.45) is 0 Å². The molecule has 100 valence electrons. The van der Waals surface area contributed by atoms with E-state index in [4.69, 9.17) is 9.84 Å². The van der Waals surface area contributed by atoms with Crippen molar-refractivity contribution in [2.45, 2.75) is 0 Å². The third kappa shape index (κ3) is 2.92. The summed E-state index contributed by atoms with van der Waals surface area (Å²) in [6.45, 7) is 3.33. The van der Waals surface area contributed by atoms with Gasteiger partial charge in [-0.05, 0) is 23.8 Å². The Hall–Kier alpha value is -2.88. The molecule has 0 amide bonds. The number of esters is 1. The summed E-state index contributed by atoms with van der Waals surface area (Å²) in [6, 6.07) is 13.7. The van der Waals surface area contributed by atoms with Crippen LogP contribution < -0.4 is 4.74 Å². The Balaban J connectivity index is 2.52. The Kier molecular flexibility index (Phi) is 3.96. The summed E-state index contributed by atoms with van der Waals surface area (Å²) in [4.78, 5) is 22.4. The Morgan fingerprint density at radius 2 is 1.80 bits per heavy atom. The van der Waals surface area contributed by atoms with Crippen molar-refractivity contribution in [3.8, 4) is 16.9 Å². The topological polar surface area (TPSA) is 63.6 Å². The molecule has 0 aliphatic heterocycles. The van der Waals surface area contributed by atoms with Crippen molar-refractivity contribution in [1.29, 1.82) is 0 Å². The lowest BCUT2D eigenvalue weighted by molar-refractivity contribution is -0.128. The molecule has 2 aromatic carbocycles. The lowest BCUT2D eigenvalue weighted by Gasteiger charge is -2.10. The molecule has 0 aromatic heterocycles. The van der Waals surface area contributed by atoms with Gasteiger partial charge < -0.3 is 9.84 Å². The zero-order valence-electron chi connectivity index (χ0n) is 10.6. The molecule has 0 spiro atoms. The Bertz CT molecular complexity index is 659. The summed E-state index contributed by atoms with van der Waals surface area (Å²) in [7, 11) is 0. The van der Waals surface area contributed by atoms with Crippen LogP contribution in [-0.2, 0) is 4.79 Å². The number of hydrogen-bond donors (Lipinski definition) is 1. The largest absolute Gasteiger partial charge is 0.478 e. The molecule has 2 aromatic rings. The molecule has 0 fully saturated rings. The Morgan fingerprint density at radius 3 is 2.40 bits per heavy atom. The van der Waals surface area contributed by atoms with E-state index in [0.717, 1.165) is 11.6 Å². The summed E-state index contributed by atoms with van der Waals surface area (Å²) in [6.07, 6.45) is 1.03. The maximum atomic E-state index is 11.4. The van der Waals surface area contributed by atoms with Gasteiger partial charge in [0.2, 0.25) is 0 Å². The van der Waals surface area contributed by atoms with Gasteiger partial charge in [-0.25, -0.2) is 9.59 Å². The van der Waals surface area contributed by atoms with E-state index >= 15 is 0 Å². The van der Waals surface area contributed by atoms with Gasteiger partial charge in [0, 0.05) is 11.6 Å². The molecule has 1 N–H and O–H groups in total. The molecule has 4 nitrogen and oxygen atoms in total. The third-order valence-electron chi connectivity index (χ3n) is 2.69. The number of carbonyl (C=O) groups excluding carboxylic acids is 1. The first kappa shape index (κ1) is 13.5. The molecule has 0 saturated heterocycles. The van der Waals surface area contributed by atoms with Crippen molar-refractivity contribution in [2.75, 3.05) is 0 Å². The van der Waals surface area contributed by atoms with Crippen LogP contribution in [0.15, 0.2) is 61.2 Å². The molecule has 0 aliphatic carbocycles. The predicted molar refractivity (Wildman–Crippen MR) is 74.7 cm³/mol. The fraction of sp³-hybridized carbons (Fsp3) is 0. The minimum absolute atomic E-state index is 0.0524. The molecule has 0 radical (unpaired) electrons.